The molecule has 4 nitrogen and oxygen atoms in total. The first-order chi connectivity index (χ1) is 11.3. The molecular formula is C18H18Cl2N2O2. The smallest absolute Gasteiger partial charge is 0.253 e. The van der Waals surface area contributed by atoms with E-state index in [0.717, 1.165) is 5.56 Å². The van der Waals surface area contributed by atoms with Crippen LogP contribution in [0.5, 0.6) is 0 Å². The molecule has 0 spiro atoms. The molecule has 0 bridgehead atoms. The molecule has 0 saturated carbocycles. The molecule has 0 unspecified atom stereocenters. The summed E-state index contributed by atoms with van der Waals surface area (Å²) in [4.78, 5) is 25.4. The Hall–Kier alpha value is -2.04. The van der Waals surface area contributed by atoms with Crippen LogP contribution in [-0.2, 0) is 11.2 Å². The van der Waals surface area contributed by atoms with Crippen molar-refractivity contribution in [2.45, 2.75) is 12.8 Å². The average Bonchev–Trinajstić information content (AvgIpc) is 2.51. The van der Waals surface area contributed by atoms with Crippen molar-refractivity contribution in [1.29, 1.82) is 0 Å². The van der Waals surface area contributed by atoms with Crippen molar-refractivity contribution in [3.8, 4) is 0 Å². The second-order valence-corrected chi connectivity index (χ2v) is 6.48. The van der Waals surface area contributed by atoms with Gasteiger partial charge in [0.15, 0.2) is 0 Å². The lowest BCUT2D eigenvalue weighted by Crippen LogP contribution is -2.21. The Morgan fingerprint density at radius 1 is 1.00 bits per heavy atom. The van der Waals surface area contributed by atoms with Gasteiger partial charge in [0, 0.05) is 41.8 Å². The molecule has 6 heteroatoms. The molecule has 1 N–H and O–H groups in total. The van der Waals surface area contributed by atoms with E-state index in [1.807, 2.05) is 12.1 Å². The Morgan fingerprint density at radius 2 is 1.58 bits per heavy atom. The SMILES string of the molecule is CN(C)C(=O)c1ccc(CCC(=O)Nc2cc(Cl)cc(Cl)c2)cc1. The zero-order valence-corrected chi connectivity index (χ0v) is 15.0. The number of anilines is 1. The molecule has 2 aromatic carbocycles. The van der Waals surface area contributed by atoms with Crippen molar-refractivity contribution in [1.82, 2.24) is 4.90 Å². The van der Waals surface area contributed by atoms with Crippen LogP contribution in [0.2, 0.25) is 10.0 Å². The number of halogens is 2. The van der Waals surface area contributed by atoms with E-state index in [0.29, 0.717) is 34.1 Å². The maximum absolute atomic E-state index is 12.0. The van der Waals surface area contributed by atoms with Gasteiger partial charge in [0.25, 0.3) is 5.91 Å². The van der Waals surface area contributed by atoms with Crippen LogP contribution in [0.3, 0.4) is 0 Å². The minimum absolute atomic E-state index is 0.0443. The zero-order chi connectivity index (χ0) is 17.7. The molecule has 0 aliphatic carbocycles. The molecule has 0 atom stereocenters. The molecule has 0 heterocycles. The van der Waals surface area contributed by atoms with E-state index < -0.39 is 0 Å². The molecule has 0 fully saturated rings. The van der Waals surface area contributed by atoms with Crippen LogP contribution in [0.25, 0.3) is 0 Å². The fourth-order valence-electron chi connectivity index (χ4n) is 2.18. The summed E-state index contributed by atoms with van der Waals surface area (Å²) < 4.78 is 0. The Morgan fingerprint density at radius 3 is 2.12 bits per heavy atom. The highest BCUT2D eigenvalue weighted by molar-refractivity contribution is 6.35. The first kappa shape index (κ1) is 18.3. The van der Waals surface area contributed by atoms with Crippen LogP contribution in [-0.4, -0.2) is 30.8 Å². The zero-order valence-electron chi connectivity index (χ0n) is 13.5. The Labute approximate surface area is 151 Å². The third-order valence-electron chi connectivity index (χ3n) is 3.39. The third-order valence-corrected chi connectivity index (χ3v) is 3.83. The van der Waals surface area contributed by atoms with E-state index in [-0.39, 0.29) is 11.8 Å². The standard InChI is InChI=1S/C18H18Cl2N2O2/c1-22(2)18(24)13-6-3-12(4-7-13)5-8-17(23)21-16-10-14(19)9-15(20)11-16/h3-4,6-7,9-11H,5,8H2,1-2H3,(H,21,23). The normalized spacial score (nSPS) is 10.3. The van der Waals surface area contributed by atoms with E-state index in [1.165, 1.54) is 4.90 Å². The number of carbonyl (C=O) groups excluding carboxylic acids is 2. The quantitative estimate of drug-likeness (QED) is 0.861. The lowest BCUT2D eigenvalue weighted by Gasteiger charge is -2.10. The maximum atomic E-state index is 12.0. The second-order valence-electron chi connectivity index (χ2n) is 5.60. The summed E-state index contributed by atoms with van der Waals surface area (Å²) in [5.41, 5.74) is 2.19. The van der Waals surface area contributed by atoms with E-state index >= 15 is 0 Å². The van der Waals surface area contributed by atoms with E-state index in [4.69, 9.17) is 23.2 Å². The molecule has 2 rings (SSSR count). The number of hydrogen-bond acceptors (Lipinski definition) is 2. The van der Waals surface area contributed by atoms with Gasteiger partial charge in [0.2, 0.25) is 5.91 Å². The Kier molecular flexibility index (Phi) is 6.23. The average molecular weight is 365 g/mol. The number of benzene rings is 2. The summed E-state index contributed by atoms with van der Waals surface area (Å²) in [6, 6.07) is 12.2. The van der Waals surface area contributed by atoms with Crippen LogP contribution in [0.1, 0.15) is 22.3 Å². The van der Waals surface area contributed by atoms with Gasteiger partial charge in [-0.1, -0.05) is 35.3 Å². The number of rotatable bonds is 5. The molecule has 0 radical (unpaired) electrons. The minimum Gasteiger partial charge on any atom is -0.345 e. The van der Waals surface area contributed by atoms with Crippen LogP contribution in [0.15, 0.2) is 42.5 Å². The van der Waals surface area contributed by atoms with Crippen molar-refractivity contribution in [2.24, 2.45) is 0 Å². The number of nitrogens with one attached hydrogen (secondary N) is 1. The summed E-state index contributed by atoms with van der Waals surface area (Å²) in [5, 5.41) is 3.71. The first-order valence-electron chi connectivity index (χ1n) is 7.41. The van der Waals surface area contributed by atoms with Crippen LogP contribution in [0, 0.1) is 0 Å². The lowest BCUT2D eigenvalue weighted by molar-refractivity contribution is -0.116. The van der Waals surface area contributed by atoms with E-state index in [9.17, 15) is 9.59 Å². The van der Waals surface area contributed by atoms with Crippen molar-refractivity contribution >= 4 is 40.7 Å². The monoisotopic (exact) mass is 364 g/mol. The maximum Gasteiger partial charge on any atom is 0.253 e. The van der Waals surface area contributed by atoms with Gasteiger partial charge in [-0.3, -0.25) is 9.59 Å². The van der Waals surface area contributed by atoms with Gasteiger partial charge in [-0.2, -0.15) is 0 Å². The number of hydrogen-bond donors (Lipinski definition) is 1. The molecule has 126 valence electrons. The van der Waals surface area contributed by atoms with E-state index in [2.05, 4.69) is 5.32 Å². The summed E-state index contributed by atoms with van der Waals surface area (Å²) in [6.07, 6.45) is 0.904. The lowest BCUT2D eigenvalue weighted by atomic mass is 10.1. The van der Waals surface area contributed by atoms with Crippen molar-refractivity contribution in [3.63, 3.8) is 0 Å². The summed E-state index contributed by atoms with van der Waals surface area (Å²) in [5.74, 6) is -0.168. The largest absolute Gasteiger partial charge is 0.345 e. The van der Waals surface area contributed by atoms with Gasteiger partial charge < -0.3 is 10.2 Å². The van der Waals surface area contributed by atoms with Crippen molar-refractivity contribution < 1.29 is 9.59 Å². The van der Waals surface area contributed by atoms with Crippen LogP contribution < -0.4 is 5.32 Å². The van der Waals surface area contributed by atoms with Gasteiger partial charge in [0.05, 0.1) is 0 Å². The second kappa shape index (κ2) is 8.18. The Bertz CT molecular complexity index is 723. The summed E-state index contributed by atoms with van der Waals surface area (Å²) in [7, 11) is 3.42. The van der Waals surface area contributed by atoms with E-state index in [1.54, 1.807) is 44.4 Å². The Balaban J connectivity index is 1.90. The van der Waals surface area contributed by atoms with Crippen LogP contribution >= 0.6 is 23.2 Å². The predicted molar refractivity (Wildman–Crippen MR) is 97.9 cm³/mol. The van der Waals surface area contributed by atoms with Gasteiger partial charge in [-0.25, -0.2) is 0 Å². The molecule has 0 saturated heterocycles. The fourth-order valence-corrected chi connectivity index (χ4v) is 2.71. The molecule has 0 aromatic heterocycles. The molecule has 24 heavy (non-hydrogen) atoms. The summed E-state index contributed by atoms with van der Waals surface area (Å²) >= 11 is 11.8. The third kappa shape index (κ3) is 5.25. The number of carbonyl (C=O) groups is 2. The number of amides is 2. The van der Waals surface area contributed by atoms with Crippen LogP contribution in [0.4, 0.5) is 5.69 Å². The molecule has 0 aliphatic heterocycles. The minimum atomic E-state index is -0.123. The summed E-state index contributed by atoms with van der Waals surface area (Å²) in [6.45, 7) is 0. The van der Waals surface area contributed by atoms with Gasteiger partial charge in [0.1, 0.15) is 0 Å². The van der Waals surface area contributed by atoms with Crippen molar-refractivity contribution in [2.75, 3.05) is 19.4 Å². The van der Waals surface area contributed by atoms with Gasteiger partial charge in [-0.05, 0) is 42.3 Å². The number of aryl methyl sites for hydroxylation is 1. The molecule has 2 aromatic rings. The predicted octanol–water partition coefficient (Wildman–Crippen LogP) is 4.27. The number of nitrogens with zero attached hydrogens (tertiary/aromatic N) is 1. The van der Waals surface area contributed by atoms with Crippen molar-refractivity contribution in [3.05, 3.63) is 63.6 Å². The highest BCUT2D eigenvalue weighted by Gasteiger charge is 2.08. The highest BCUT2D eigenvalue weighted by atomic mass is 35.5. The van der Waals surface area contributed by atoms with Gasteiger partial charge in [-0.15, -0.1) is 0 Å². The van der Waals surface area contributed by atoms with Gasteiger partial charge >= 0.3 is 0 Å². The highest BCUT2D eigenvalue weighted by Crippen LogP contribution is 2.22. The molecular weight excluding hydrogens is 347 g/mol. The first-order valence-corrected chi connectivity index (χ1v) is 8.17. The fraction of sp³-hybridized carbons (Fsp3) is 0.222. The molecule has 2 amide bonds. The topological polar surface area (TPSA) is 49.4 Å². The molecule has 0 aliphatic rings.